The minimum absolute atomic E-state index is 0.0605. The van der Waals surface area contributed by atoms with Crippen LogP contribution in [0, 0.1) is 0 Å². The fourth-order valence-corrected chi connectivity index (χ4v) is 5.27. The maximum absolute atomic E-state index is 12.6. The standard InChI is InChI=1S/C18H18N2O6S2/c1-2-26-18(21)11-14-12-27(22,23)17-10-13(8-9-16(17)19-14)20-28(24,25)15-6-4-3-5-7-15/h3-10,20H,2,11-12H2,1H3. The average molecular weight is 422 g/mol. The molecule has 0 aliphatic carbocycles. The zero-order valence-corrected chi connectivity index (χ0v) is 16.6. The molecule has 0 unspecified atom stereocenters. The summed E-state index contributed by atoms with van der Waals surface area (Å²) in [4.78, 5) is 15.8. The summed E-state index contributed by atoms with van der Waals surface area (Å²) in [6.45, 7) is 1.85. The molecule has 1 aliphatic rings. The zero-order valence-electron chi connectivity index (χ0n) is 15.0. The number of esters is 1. The Bertz CT molecular complexity index is 1140. The van der Waals surface area contributed by atoms with Crippen LogP contribution in [-0.4, -0.2) is 40.9 Å². The van der Waals surface area contributed by atoms with Crippen LogP contribution in [0.1, 0.15) is 13.3 Å². The Morgan fingerprint density at radius 3 is 2.57 bits per heavy atom. The number of nitrogens with zero attached hydrogens (tertiary/aromatic N) is 1. The molecule has 2 aromatic carbocycles. The number of aliphatic imine (C=N–C) groups is 1. The second-order valence-electron chi connectivity index (χ2n) is 6.02. The number of carbonyl (C=O) groups excluding carboxylic acids is 1. The third kappa shape index (κ3) is 4.39. The molecule has 10 heteroatoms. The molecule has 1 heterocycles. The lowest BCUT2D eigenvalue weighted by Gasteiger charge is -2.17. The number of sulfone groups is 1. The summed E-state index contributed by atoms with van der Waals surface area (Å²) in [6, 6.07) is 11.8. The van der Waals surface area contributed by atoms with Gasteiger partial charge in [-0.2, -0.15) is 0 Å². The van der Waals surface area contributed by atoms with Crippen molar-refractivity contribution in [3.8, 4) is 0 Å². The van der Waals surface area contributed by atoms with Crippen LogP contribution in [0.5, 0.6) is 0 Å². The molecule has 0 spiro atoms. The first-order valence-corrected chi connectivity index (χ1v) is 11.5. The summed E-state index contributed by atoms with van der Waals surface area (Å²) in [5.41, 5.74) is 0.451. The molecule has 2 aromatic rings. The number of nitrogens with one attached hydrogen (secondary N) is 1. The lowest BCUT2D eigenvalue weighted by atomic mass is 10.2. The van der Waals surface area contributed by atoms with E-state index >= 15 is 0 Å². The van der Waals surface area contributed by atoms with Gasteiger partial charge in [-0.25, -0.2) is 16.8 Å². The SMILES string of the molecule is CCOC(=O)CC1=Nc2ccc(NS(=O)(=O)c3ccccc3)cc2S(=O)(=O)C1. The van der Waals surface area contributed by atoms with Gasteiger partial charge >= 0.3 is 5.97 Å². The lowest BCUT2D eigenvalue weighted by Crippen LogP contribution is -2.23. The van der Waals surface area contributed by atoms with Crippen molar-refractivity contribution >= 4 is 42.9 Å². The van der Waals surface area contributed by atoms with Crippen LogP contribution in [0.4, 0.5) is 11.4 Å². The molecule has 0 bridgehead atoms. The van der Waals surface area contributed by atoms with Gasteiger partial charge in [0.25, 0.3) is 10.0 Å². The molecule has 148 valence electrons. The van der Waals surface area contributed by atoms with Crippen LogP contribution in [0.3, 0.4) is 0 Å². The first-order valence-electron chi connectivity index (χ1n) is 8.38. The summed E-state index contributed by atoms with van der Waals surface area (Å²) >= 11 is 0. The summed E-state index contributed by atoms with van der Waals surface area (Å²) in [7, 11) is -7.62. The highest BCUT2D eigenvalue weighted by Gasteiger charge is 2.28. The van der Waals surface area contributed by atoms with E-state index in [2.05, 4.69) is 9.71 Å². The van der Waals surface area contributed by atoms with E-state index < -0.39 is 31.6 Å². The molecular formula is C18H18N2O6S2. The minimum Gasteiger partial charge on any atom is -0.466 e. The van der Waals surface area contributed by atoms with Gasteiger partial charge < -0.3 is 4.74 Å². The van der Waals surface area contributed by atoms with Gasteiger partial charge in [-0.05, 0) is 37.3 Å². The largest absolute Gasteiger partial charge is 0.466 e. The number of benzene rings is 2. The van der Waals surface area contributed by atoms with Gasteiger partial charge in [0, 0.05) is 5.71 Å². The number of hydrogen-bond acceptors (Lipinski definition) is 7. The average Bonchev–Trinajstić information content (AvgIpc) is 2.62. The van der Waals surface area contributed by atoms with Gasteiger partial charge in [0.15, 0.2) is 9.84 Å². The number of anilines is 1. The molecule has 0 aromatic heterocycles. The maximum atomic E-state index is 12.6. The molecule has 0 fully saturated rings. The van der Waals surface area contributed by atoms with Crippen molar-refractivity contribution in [1.82, 2.24) is 0 Å². The van der Waals surface area contributed by atoms with Gasteiger partial charge in [0.1, 0.15) is 0 Å². The van der Waals surface area contributed by atoms with E-state index in [4.69, 9.17) is 4.74 Å². The number of fused-ring (bicyclic) bond motifs is 1. The monoisotopic (exact) mass is 422 g/mol. The van der Waals surface area contributed by atoms with Crippen molar-refractivity contribution in [3.63, 3.8) is 0 Å². The van der Waals surface area contributed by atoms with E-state index in [0.717, 1.165) is 0 Å². The Hall–Kier alpha value is -2.72. The van der Waals surface area contributed by atoms with Crippen molar-refractivity contribution in [2.24, 2.45) is 4.99 Å². The molecule has 0 saturated carbocycles. The lowest BCUT2D eigenvalue weighted by molar-refractivity contribution is -0.141. The maximum Gasteiger partial charge on any atom is 0.311 e. The fourth-order valence-electron chi connectivity index (χ4n) is 2.70. The Balaban J connectivity index is 1.91. The highest BCUT2D eigenvalue weighted by atomic mass is 32.2. The number of sulfonamides is 1. The Kier molecular flexibility index (Phi) is 5.52. The second kappa shape index (κ2) is 7.72. The number of ether oxygens (including phenoxy) is 1. The smallest absolute Gasteiger partial charge is 0.311 e. The van der Waals surface area contributed by atoms with Crippen LogP contribution >= 0.6 is 0 Å². The molecule has 3 rings (SSSR count). The molecule has 0 radical (unpaired) electrons. The van der Waals surface area contributed by atoms with Gasteiger partial charge in [0.2, 0.25) is 0 Å². The highest BCUT2D eigenvalue weighted by molar-refractivity contribution is 7.93. The molecule has 0 atom stereocenters. The van der Waals surface area contributed by atoms with Crippen LogP contribution in [0.2, 0.25) is 0 Å². The first kappa shape index (κ1) is 20.0. The van der Waals surface area contributed by atoms with Crippen molar-refractivity contribution < 1.29 is 26.4 Å². The predicted octanol–water partition coefficient (Wildman–Crippen LogP) is 2.30. The Morgan fingerprint density at radius 1 is 1.18 bits per heavy atom. The van der Waals surface area contributed by atoms with E-state index in [1.54, 1.807) is 25.1 Å². The summed E-state index contributed by atoms with van der Waals surface area (Å²) in [5.74, 6) is -0.972. The third-order valence-electron chi connectivity index (χ3n) is 3.89. The number of carbonyl (C=O) groups is 1. The van der Waals surface area contributed by atoms with E-state index in [-0.39, 0.29) is 39.9 Å². The van der Waals surface area contributed by atoms with E-state index in [1.165, 1.54) is 30.3 Å². The van der Waals surface area contributed by atoms with Crippen LogP contribution in [0.15, 0.2) is 63.3 Å². The van der Waals surface area contributed by atoms with Gasteiger partial charge in [-0.3, -0.25) is 14.5 Å². The highest BCUT2D eigenvalue weighted by Crippen LogP contribution is 2.33. The van der Waals surface area contributed by atoms with Crippen molar-refractivity contribution in [3.05, 3.63) is 48.5 Å². The van der Waals surface area contributed by atoms with Crippen LogP contribution < -0.4 is 4.72 Å². The van der Waals surface area contributed by atoms with Gasteiger partial charge in [0.05, 0.1) is 39.9 Å². The van der Waals surface area contributed by atoms with E-state index in [0.29, 0.717) is 0 Å². The Labute approximate surface area is 163 Å². The molecule has 28 heavy (non-hydrogen) atoms. The molecule has 0 saturated heterocycles. The van der Waals surface area contributed by atoms with Crippen molar-refractivity contribution in [2.45, 2.75) is 23.1 Å². The normalized spacial score (nSPS) is 15.2. The first-order chi connectivity index (χ1) is 13.2. The predicted molar refractivity (Wildman–Crippen MR) is 104 cm³/mol. The Morgan fingerprint density at radius 2 is 1.89 bits per heavy atom. The molecule has 1 aliphatic heterocycles. The molecule has 1 N–H and O–H groups in total. The van der Waals surface area contributed by atoms with Gasteiger partial charge in [-0.15, -0.1) is 0 Å². The molecular weight excluding hydrogens is 404 g/mol. The minimum atomic E-state index is -3.85. The summed E-state index contributed by atoms with van der Waals surface area (Å²) in [6.07, 6.45) is -0.213. The van der Waals surface area contributed by atoms with Crippen molar-refractivity contribution in [1.29, 1.82) is 0 Å². The zero-order chi connectivity index (χ0) is 20.4. The number of hydrogen-bond donors (Lipinski definition) is 1. The fraction of sp³-hybridized carbons (Fsp3) is 0.222. The quantitative estimate of drug-likeness (QED) is 0.714. The topological polar surface area (TPSA) is 119 Å². The molecule has 0 amide bonds. The van der Waals surface area contributed by atoms with E-state index in [9.17, 15) is 21.6 Å². The number of rotatable bonds is 6. The van der Waals surface area contributed by atoms with Gasteiger partial charge in [-0.1, -0.05) is 18.2 Å². The van der Waals surface area contributed by atoms with Crippen LogP contribution in [0.25, 0.3) is 0 Å². The second-order valence-corrected chi connectivity index (χ2v) is 9.66. The van der Waals surface area contributed by atoms with Crippen molar-refractivity contribution in [2.75, 3.05) is 17.1 Å². The van der Waals surface area contributed by atoms with Crippen LogP contribution in [-0.2, 0) is 29.4 Å². The third-order valence-corrected chi connectivity index (χ3v) is 7.00. The molecule has 8 nitrogen and oxygen atoms in total. The summed E-state index contributed by atoms with van der Waals surface area (Å²) in [5, 5.41) is 0. The van der Waals surface area contributed by atoms with E-state index in [1.807, 2.05) is 0 Å². The summed E-state index contributed by atoms with van der Waals surface area (Å²) < 4.78 is 57.2.